The Labute approximate surface area is 88.3 Å². The van der Waals surface area contributed by atoms with Crippen molar-refractivity contribution in [3.05, 3.63) is 12.2 Å². The van der Waals surface area contributed by atoms with Gasteiger partial charge in [0.05, 0.1) is 12.4 Å². The second-order valence-electron chi connectivity index (χ2n) is 2.89. The maximum absolute atomic E-state index is 11.3. The number of nitrogens with one attached hydrogen (secondary N) is 2. The molecule has 0 saturated heterocycles. The molecule has 86 valence electrons. The Kier molecular flexibility index (Phi) is 4.66. The average molecular weight is 234 g/mol. The van der Waals surface area contributed by atoms with Crippen LogP contribution in [-0.4, -0.2) is 49.6 Å². The lowest BCUT2D eigenvalue weighted by Gasteiger charge is -2.04. The molecule has 7 nitrogen and oxygen atoms in total. The zero-order chi connectivity index (χ0) is 11.1. The Hall–Kier alpha value is -0.990. The van der Waals surface area contributed by atoms with E-state index in [0.717, 1.165) is 0 Å². The van der Waals surface area contributed by atoms with Crippen molar-refractivity contribution < 1.29 is 13.2 Å². The van der Waals surface area contributed by atoms with Gasteiger partial charge in [0.2, 0.25) is 10.0 Å². The Morgan fingerprint density at radius 1 is 1.60 bits per heavy atom. The van der Waals surface area contributed by atoms with E-state index >= 15 is 0 Å². The lowest BCUT2D eigenvalue weighted by Crippen LogP contribution is -2.30. The van der Waals surface area contributed by atoms with Gasteiger partial charge in [-0.3, -0.25) is 5.10 Å². The van der Waals surface area contributed by atoms with E-state index in [1.165, 1.54) is 13.4 Å². The molecular formula is C7H14N4O3S. The van der Waals surface area contributed by atoms with Crippen LogP contribution >= 0.6 is 0 Å². The first-order valence-electron chi connectivity index (χ1n) is 4.44. The summed E-state index contributed by atoms with van der Waals surface area (Å²) in [5.74, 6) is 0.629. The molecule has 2 N–H and O–H groups in total. The number of hydrogen-bond acceptors (Lipinski definition) is 5. The fourth-order valence-electron chi connectivity index (χ4n) is 0.941. The van der Waals surface area contributed by atoms with E-state index < -0.39 is 10.0 Å². The van der Waals surface area contributed by atoms with Crippen LogP contribution in [0.4, 0.5) is 0 Å². The zero-order valence-corrected chi connectivity index (χ0v) is 9.25. The number of hydrogen-bond donors (Lipinski definition) is 2. The lowest BCUT2D eigenvalue weighted by molar-refractivity contribution is 0.217. The van der Waals surface area contributed by atoms with Crippen molar-refractivity contribution >= 4 is 10.0 Å². The highest BCUT2D eigenvalue weighted by molar-refractivity contribution is 7.89. The largest absolute Gasteiger partial charge is 0.384 e. The number of sulfonamides is 1. The van der Waals surface area contributed by atoms with Crippen molar-refractivity contribution in [2.75, 3.05) is 26.0 Å². The molecule has 0 aromatic carbocycles. The summed E-state index contributed by atoms with van der Waals surface area (Å²) in [5, 5.41) is 6.30. The number of H-pyrrole nitrogens is 1. The number of nitrogens with zero attached hydrogens (tertiary/aromatic N) is 2. The SMILES string of the molecule is COCCS(=O)(=O)NCCc1ncn[nH]1. The first-order chi connectivity index (χ1) is 7.14. The summed E-state index contributed by atoms with van der Waals surface area (Å²) < 4.78 is 29.7. The Morgan fingerprint density at radius 3 is 3.00 bits per heavy atom. The summed E-state index contributed by atoms with van der Waals surface area (Å²) in [6, 6.07) is 0. The summed E-state index contributed by atoms with van der Waals surface area (Å²) in [5.41, 5.74) is 0. The summed E-state index contributed by atoms with van der Waals surface area (Å²) in [6.07, 6.45) is 1.88. The molecule has 0 amide bonds. The van der Waals surface area contributed by atoms with Gasteiger partial charge in [0.15, 0.2) is 0 Å². The molecule has 0 aliphatic heterocycles. The van der Waals surface area contributed by atoms with Crippen LogP contribution in [0.2, 0.25) is 0 Å². The standard InChI is InChI=1S/C7H14N4O3S/c1-14-4-5-15(12,13)10-3-2-7-8-6-9-11-7/h6,10H,2-5H2,1H3,(H,8,9,11). The van der Waals surface area contributed by atoms with E-state index in [0.29, 0.717) is 18.8 Å². The monoisotopic (exact) mass is 234 g/mol. The fourth-order valence-corrected chi connectivity index (χ4v) is 1.88. The predicted octanol–water partition coefficient (Wildman–Crippen LogP) is -1.09. The summed E-state index contributed by atoms with van der Waals surface area (Å²) >= 11 is 0. The van der Waals surface area contributed by atoms with Crippen molar-refractivity contribution in [2.45, 2.75) is 6.42 Å². The van der Waals surface area contributed by atoms with E-state index in [1.54, 1.807) is 0 Å². The van der Waals surface area contributed by atoms with Gasteiger partial charge in [0.25, 0.3) is 0 Å². The highest BCUT2D eigenvalue weighted by Gasteiger charge is 2.08. The first kappa shape index (κ1) is 12.1. The first-order valence-corrected chi connectivity index (χ1v) is 6.10. The molecule has 0 aliphatic rings. The molecule has 0 atom stereocenters. The van der Waals surface area contributed by atoms with Crippen LogP contribution < -0.4 is 4.72 Å². The quantitative estimate of drug-likeness (QED) is 0.625. The molecule has 0 unspecified atom stereocenters. The van der Waals surface area contributed by atoms with Crippen LogP contribution in [0.3, 0.4) is 0 Å². The molecule has 0 bridgehead atoms. The summed E-state index contributed by atoms with van der Waals surface area (Å²) in [7, 11) is -1.77. The third-order valence-corrected chi connectivity index (χ3v) is 3.05. The molecule has 8 heteroatoms. The highest BCUT2D eigenvalue weighted by atomic mass is 32.2. The van der Waals surface area contributed by atoms with E-state index in [-0.39, 0.29) is 12.4 Å². The Bertz CT molecular complexity index is 362. The van der Waals surface area contributed by atoms with Crippen molar-refractivity contribution in [1.29, 1.82) is 0 Å². The Morgan fingerprint density at radius 2 is 2.40 bits per heavy atom. The maximum Gasteiger partial charge on any atom is 0.213 e. The van der Waals surface area contributed by atoms with Gasteiger partial charge >= 0.3 is 0 Å². The third-order valence-electron chi connectivity index (χ3n) is 1.70. The van der Waals surface area contributed by atoms with Crippen LogP contribution in [-0.2, 0) is 21.2 Å². The summed E-state index contributed by atoms with van der Waals surface area (Å²) in [6.45, 7) is 0.499. The van der Waals surface area contributed by atoms with Crippen LogP contribution in [0.25, 0.3) is 0 Å². The minimum atomic E-state index is -3.23. The number of aromatic amines is 1. The molecule has 0 saturated carbocycles. The minimum absolute atomic E-state index is 0.0279. The maximum atomic E-state index is 11.3. The van der Waals surface area contributed by atoms with Crippen LogP contribution in [0.15, 0.2) is 6.33 Å². The average Bonchev–Trinajstić information content (AvgIpc) is 2.67. The van der Waals surface area contributed by atoms with Crippen molar-refractivity contribution in [1.82, 2.24) is 19.9 Å². The van der Waals surface area contributed by atoms with Crippen molar-refractivity contribution in [2.24, 2.45) is 0 Å². The van der Waals surface area contributed by atoms with Crippen LogP contribution in [0, 0.1) is 0 Å². The molecule has 15 heavy (non-hydrogen) atoms. The second-order valence-corrected chi connectivity index (χ2v) is 4.81. The highest BCUT2D eigenvalue weighted by Crippen LogP contribution is 1.89. The van der Waals surface area contributed by atoms with Gasteiger partial charge < -0.3 is 4.74 Å². The predicted molar refractivity (Wildman–Crippen MR) is 53.8 cm³/mol. The molecule has 0 aliphatic carbocycles. The minimum Gasteiger partial charge on any atom is -0.384 e. The van der Waals surface area contributed by atoms with Gasteiger partial charge in [-0.25, -0.2) is 18.1 Å². The number of aromatic nitrogens is 3. The van der Waals surface area contributed by atoms with Gasteiger partial charge in [0.1, 0.15) is 12.2 Å². The van der Waals surface area contributed by atoms with Crippen molar-refractivity contribution in [3.8, 4) is 0 Å². The number of rotatable bonds is 7. The van der Waals surface area contributed by atoms with Crippen LogP contribution in [0.1, 0.15) is 5.82 Å². The normalized spacial score (nSPS) is 11.8. The molecule has 1 aromatic rings. The van der Waals surface area contributed by atoms with E-state index in [9.17, 15) is 8.42 Å². The van der Waals surface area contributed by atoms with Gasteiger partial charge in [-0.1, -0.05) is 0 Å². The van der Waals surface area contributed by atoms with Gasteiger partial charge in [-0.05, 0) is 0 Å². The van der Waals surface area contributed by atoms with Gasteiger partial charge in [-0.2, -0.15) is 5.10 Å². The molecule has 1 heterocycles. The zero-order valence-electron chi connectivity index (χ0n) is 8.43. The van der Waals surface area contributed by atoms with Gasteiger partial charge in [0, 0.05) is 20.1 Å². The van der Waals surface area contributed by atoms with Crippen LogP contribution in [0.5, 0.6) is 0 Å². The van der Waals surface area contributed by atoms with Crippen molar-refractivity contribution in [3.63, 3.8) is 0 Å². The molecule has 0 spiro atoms. The number of ether oxygens (including phenoxy) is 1. The molecule has 1 rings (SSSR count). The van der Waals surface area contributed by atoms with Gasteiger partial charge in [-0.15, -0.1) is 0 Å². The third kappa shape index (κ3) is 4.86. The smallest absolute Gasteiger partial charge is 0.213 e. The molecular weight excluding hydrogens is 220 g/mol. The fraction of sp³-hybridized carbons (Fsp3) is 0.714. The Balaban J connectivity index is 2.24. The number of methoxy groups -OCH3 is 1. The van der Waals surface area contributed by atoms with E-state index in [1.807, 2.05) is 0 Å². The van der Waals surface area contributed by atoms with E-state index in [4.69, 9.17) is 0 Å². The van der Waals surface area contributed by atoms with E-state index in [2.05, 4.69) is 24.6 Å². The molecule has 1 aromatic heterocycles. The topological polar surface area (TPSA) is 97.0 Å². The molecule has 0 fully saturated rings. The summed E-state index contributed by atoms with van der Waals surface area (Å²) in [4.78, 5) is 3.87. The molecule has 0 radical (unpaired) electrons. The second kappa shape index (κ2) is 5.79. The lowest BCUT2D eigenvalue weighted by atomic mass is 10.4.